The van der Waals surface area contributed by atoms with Crippen LogP contribution in [0.2, 0.25) is 0 Å². The van der Waals surface area contributed by atoms with Crippen LogP contribution >= 0.6 is 0 Å². The van der Waals surface area contributed by atoms with Crippen LogP contribution in [0.5, 0.6) is 0 Å². The Morgan fingerprint density at radius 3 is 2.48 bits per heavy atom. The van der Waals surface area contributed by atoms with Gasteiger partial charge in [-0.1, -0.05) is 61.7 Å². The molecule has 0 spiro atoms. The van der Waals surface area contributed by atoms with E-state index >= 15 is 0 Å². The first-order chi connectivity index (χ1) is 15.7. The number of aliphatic hydroxyl groups is 1. The van der Waals surface area contributed by atoms with Crippen molar-refractivity contribution in [2.24, 2.45) is 0 Å². The second-order valence-corrected chi connectivity index (χ2v) is 10.6. The van der Waals surface area contributed by atoms with Crippen LogP contribution in [0.4, 0.5) is 4.79 Å². The number of ether oxygens (including phenoxy) is 1. The van der Waals surface area contributed by atoms with Crippen LogP contribution in [0.15, 0.2) is 42.5 Å². The topological polar surface area (TPSA) is 78.9 Å². The molecule has 0 aromatic heterocycles. The van der Waals surface area contributed by atoms with Gasteiger partial charge >= 0.3 is 6.09 Å². The van der Waals surface area contributed by atoms with Gasteiger partial charge in [-0.2, -0.15) is 0 Å². The molecule has 2 atom stereocenters. The maximum atomic E-state index is 14.1. The fraction of sp³-hybridized carbons (Fsp3) is 0.556. The molecule has 2 aromatic carbocycles. The van der Waals surface area contributed by atoms with E-state index in [9.17, 15) is 14.7 Å². The van der Waals surface area contributed by atoms with E-state index in [0.29, 0.717) is 25.8 Å². The maximum absolute atomic E-state index is 14.1. The molecule has 6 heteroatoms. The van der Waals surface area contributed by atoms with Crippen LogP contribution in [0, 0.1) is 0 Å². The van der Waals surface area contributed by atoms with Crippen LogP contribution < -0.4 is 5.32 Å². The summed E-state index contributed by atoms with van der Waals surface area (Å²) in [7, 11) is 0. The van der Waals surface area contributed by atoms with Gasteiger partial charge in [-0.25, -0.2) is 4.79 Å². The molecular weight excluding hydrogens is 416 g/mol. The Hall–Kier alpha value is -2.60. The van der Waals surface area contributed by atoms with E-state index in [-0.39, 0.29) is 5.91 Å². The van der Waals surface area contributed by atoms with Gasteiger partial charge in [0.15, 0.2) is 6.23 Å². The summed E-state index contributed by atoms with van der Waals surface area (Å²) in [5.41, 5.74) is -0.680. The molecule has 1 saturated heterocycles. The van der Waals surface area contributed by atoms with E-state index in [1.165, 1.54) is 0 Å². The average molecular weight is 453 g/mol. The highest BCUT2D eigenvalue weighted by Gasteiger charge is 2.47. The van der Waals surface area contributed by atoms with Crippen LogP contribution in [0.25, 0.3) is 10.8 Å². The third-order valence-electron chi connectivity index (χ3n) is 6.84. The fourth-order valence-corrected chi connectivity index (χ4v) is 5.34. The zero-order chi connectivity index (χ0) is 23.6. The van der Waals surface area contributed by atoms with Gasteiger partial charge in [-0.3, -0.25) is 4.79 Å². The number of carbonyl (C=O) groups is 2. The largest absolute Gasteiger partial charge is 0.425 e. The number of nitrogens with zero attached hydrogens (tertiary/aromatic N) is 1. The molecule has 4 rings (SSSR count). The van der Waals surface area contributed by atoms with Crippen molar-refractivity contribution in [3.63, 3.8) is 0 Å². The van der Waals surface area contributed by atoms with Gasteiger partial charge in [0.05, 0.1) is 11.5 Å². The van der Waals surface area contributed by atoms with Crippen molar-refractivity contribution in [3.8, 4) is 0 Å². The molecule has 0 bridgehead atoms. The van der Waals surface area contributed by atoms with E-state index in [4.69, 9.17) is 4.74 Å². The molecule has 1 aliphatic heterocycles. The number of carbonyl (C=O) groups excluding carboxylic acids is 2. The summed E-state index contributed by atoms with van der Waals surface area (Å²) in [6.07, 6.45) is 4.28. The highest BCUT2D eigenvalue weighted by Crippen LogP contribution is 2.44. The predicted molar refractivity (Wildman–Crippen MR) is 129 cm³/mol. The van der Waals surface area contributed by atoms with Gasteiger partial charge in [0.1, 0.15) is 0 Å². The molecule has 0 radical (unpaired) electrons. The number of nitrogens with one attached hydrogen (secondary N) is 1. The first-order valence-corrected chi connectivity index (χ1v) is 12.2. The fourth-order valence-electron chi connectivity index (χ4n) is 5.34. The third-order valence-corrected chi connectivity index (χ3v) is 6.84. The zero-order valence-corrected chi connectivity index (χ0v) is 20.0. The molecule has 1 heterocycles. The highest BCUT2D eigenvalue weighted by molar-refractivity contribution is 5.94. The summed E-state index contributed by atoms with van der Waals surface area (Å²) in [5, 5.41) is 16.7. The Morgan fingerprint density at radius 2 is 1.76 bits per heavy atom. The monoisotopic (exact) mass is 452 g/mol. The lowest BCUT2D eigenvalue weighted by atomic mass is 9.71. The van der Waals surface area contributed by atoms with E-state index in [1.54, 1.807) is 4.90 Å². The summed E-state index contributed by atoms with van der Waals surface area (Å²) >= 11 is 0. The molecule has 2 amide bonds. The number of rotatable bonds is 4. The van der Waals surface area contributed by atoms with Crippen molar-refractivity contribution < 1.29 is 19.4 Å². The van der Waals surface area contributed by atoms with Crippen molar-refractivity contribution >= 4 is 22.8 Å². The van der Waals surface area contributed by atoms with Crippen LogP contribution in [0.1, 0.15) is 77.2 Å². The van der Waals surface area contributed by atoms with E-state index < -0.39 is 29.4 Å². The number of likely N-dealkylation sites (tertiary alicyclic amines) is 1. The summed E-state index contributed by atoms with van der Waals surface area (Å²) in [5.74, 6) is -0.847. The molecule has 6 nitrogen and oxygen atoms in total. The molecular formula is C27H36N2O4. The molecule has 2 aliphatic rings. The smallest absolute Gasteiger partial charge is 0.409 e. The number of fused-ring (bicyclic) bond motifs is 1. The van der Waals surface area contributed by atoms with E-state index in [1.807, 2.05) is 63.2 Å². The van der Waals surface area contributed by atoms with Gasteiger partial charge in [0.25, 0.3) is 0 Å². The summed E-state index contributed by atoms with van der Waals surface area (Å²) in [4.78, 5) is 28.2. The Balaban J connectivity index is 1.68. The van der Waals surface area contributed by atoms with Gasteiger partial charge in [-0.05, 0) is 56.4 Å². The van der Waals surface area contributed by atoms with Crippen LogP contribution in [-0.2, 0) is 9.53 Å². The first kappa shape index (κ1) is 23.6. The normalized spacial score (nSPS) is 21.6. The molecule has 1 saturated carbocycles. The third kappa shape index (κ3) is 5.16. The van der Waals surface area contributed by atoms with Crippen molar-refractivity contribution in [1.82, 2.24) is 10.2 Å². The Morgan fingerprint density at radius 1 is 1.06 bits per heavy atom. The minimum Gasteiger partial charge on any atom is -0.425 e. The van der Waals surface area contributed by atoms with Gasteiger partial charge in [0.2, 0.25) is 5.91 Å². The lowest BCUT2D eigenvalue weighted by Gasteiger charge is -2.41. The van der Waals surface area contributed by atoms with Crippen molar-refractivity contribution in [1.29, 1.82) is 0 Å². The lowest BCUT2D eigenvalue weighted by molar-refractivity contribution is -0.148. The number of hydrogen-bond donors (Lipinski definition) is 2. The van der Waals surface area contributed by atoms with Gasteiger partial charge in [0, 0.05) is 18.5 Å². The molecule has 2 aromatic rings. The molecule has 2 N–H and O–H groups in total. The van der Waals surface area contributed by atoms with Gasteiger partial charge < -0.3 is 20.1 Å². The van der Waals surface area contributed by atoms with Crippen molar-refractivity contribution in [2.75, 3.05) is 6.54 Å². The maximum Gasteiger partial charge on any atom is 0.409 e. The SMILES string of the molecule is CC(C)(C)NC(=O)OC1CCCN1C(=O)C(c1cccc2ccccc12)C1(O)CCCCC1. The zero-order valence-electron chi connectivity index (χ0n) is 20.0. The number of alkyl carbamates (subject to hydrolysis) is 1. The predicted octanol–water partition coefficient (Wildman–Crippen LogP) is 5.09. The summed E-state index contributed by atoms with van der Waals surface area (Å²) in [6, 6.07) is 14.0. The van der Waals surface area contributed by atoms with Gasteiger partial charge in [-0.15, -0.1) is 0 Å². The van der Waals surface area contributed by atoms with Crippen LogP contribution in [0.3, 0.4) is 0 Å². The minimum atomic E-state index is -1.11. The van der Waals surface area contributed by atoms with Crippen LogP contribution in [-0.4, -0.2) is 45.9 Å². The Bertz CT molecular complexity index is 1000. The Kier molecular flexibility index (Phi) is 6.66. The number of hydrogen-bond acceptors (Lipinski definition) is 4. The second kappa shape index (κ2) is 9.34. The van der Waals surface area contributed by atoms with Crippen molar-refractivity contribution in [2.45, 2.75) is 89.0 Å². The quantitative estimate of drug-likeness (QED) is 0.677. The Labute approximate surface area is 196 Å². The summed E-state index contributed by atoms with van der Waals surface area (Å²) < 4.78 is 5.69. The molecule has 2 unspecified atom stereocenters. The molecule has 178 valence electrons. The molecule has 2 fully saturated rings. The average Bonchev–Trinajstić information content (AvgIpc) is 3.21. The minimum absolute atomic E-state index is 0.151. The number of amides is 2. The first-order valence-electron chi connectivity index (χ1n) is 12.2. The van der Waals surface area contributed by atoms with E-state index in [2.05, 4.69) is 5.32 Å². The molecule has 1 aliphatic carbocycles. The summed E-state index contributed by atoms with van der Waals surface area (Å²) in [6.45, 7) is 6.19. The van der Waals surface area contributed by atoms with E-state index in [0.717, 1.165) is 42.0 Å². The van der Waals surface area contributed by atoms with Crippen molar-refractivity contribution in [3.05, 3.63) is 48.0 Å². The molecule has 33 heavy (non-hydrogen) atoms. The standard InChI is InChI=1S/C27H36N2O4/c1-26(2,3)28-25(31)33-22-15-10-18-29(22)24(30)23(27(32)16-7-4-8-17-27)21-14-9-12-19-11-5-6-13-20(19)21/h5-6,9,11-14,22-23,32H,4,7-8,10,15-18H2,1-3H3,(H,28,31). The lowest BCUT2D eigenvalue weighted by Crippen LogP contribution is -2.51. The number of benzene rings is 2. The second-order valence-electron chi connectivity index (χ2n) is 10.6. The highest BCUT2D eigenvalue weighted by atomic mass is 16.6.